The van der Waals surface area contributed by atoms with E-state index < -0.39 is 5.97 Å². The number of H-pyrrole nitrogens is 1. The third kappa shape index (κ3) is 1.88. The molecule has 0 fully saturated rings. The van der Waals surface area contributed by atoms with E-state index in [2.05, 4.69) is 15.2 Å². The first-order valence-electron chi connectivity index (χ1n) is 4.33. The number of hydrogen-bond donors (Lipinski definition) is 2. The zero-order chi connectivity index (χ0) is 10.8. The molecule has 0 saturated heterocycles. The number of carboxylic acid groups (broad SMARTS) is 1. The maximum atomic E-state index is 10.4. The molecule has 0 radical (unpaired) electrons. The summed E-state index contributed by atoms with van der Waals surface area (Å²) in [7, 11) is 0. The quantitative estimate of drug-likeness (QED) is 0.783. The minimum atomic E-state index is -0.965. The summed E-state index contributed by atoms with van der Waals surface area (Å²) >= 11 is 0. The molecule has 0 unspecified atom stereocenters. The van der Waals surface area contributed by atoms with Gasteiger partial charge < -0.3 is 9.52 Å². The summed E-state index contributed by atoms with van der Waals surface area (Å²) < 4.78 is 5.27. The second-order valence-electron chi connectivity index (χ2n) is 3.10. The van der Waals surface area contributed by atoms with Gasteiger partial charge in [0.2, 0.25) is 5.89 Å². The molecule has 0 amide bonds. The molecule has 6 heteroatoms. The smallest absolute Gasteiger partial charge is 0.312 e. The average molecular weight is 207 g/mol. The lowest BCUT2D eigenvalue weighted by Gasteiger charge is -1.91. The number of aromatic amines is 1. The van der Waals surface area contributed by atoms with Gasteiger partial charge in [0, 0.05) is 5.69 Å². The van der Waals surface area contributed by atoms with Crippen LogP contribution in [0.15, 0.2) is 16.8 Å². The number of nitrogens with one attached hydrogen (secondary N) is 1. The number of rotatable bonds is 3. The molecule has 6 nitrogen and oxygen atoms in total. The highest BCUT2D eigenvalue weighted by Crippen LogP contribution is 2.22. The predicted molar refractivity (Wildman–Crippen MR) is 50.2 cm³/mol. The summed E-state index contributed by atoms with van der Waals surface area (Å²) in [5.41, 5.74) is 1.65. The fraction of sp³-hybridized carbons (Fsp3) is 0.222. The molecule has 0 saturated carbocycles. The van der Waals surface area contributed by atoms with Crippen LogP contribution in [0.1, 0.15) is 11.6 Å². The number of aliphatic carboxylic acids is 1. The molecule has 2 N–H and O–H groups in total. The molecule has 2 aromatic heterocycles. The molecular formula is C9H9N3O3. The van der Waals surface area contributed by atoms with Gasteiger partial charge in [0.1, 0.15) is 6.42 Å². The first-order valence-corrected chi connectivity index (χ1v) is 4.33. The fourth-order valence-electron chi connectivity index (χ4n) is 1.24. The van der Waals surface area contributed by atoms with E-state index in [0.29, 0.717) is 5.76 Å². The van der Waals surface area contributed by atoms with Gasteiger partial charge in [-0.15, -0.1) is 0 Å². The van der Waals surface area contributed by atoms with Gasteiger partial charge in [-0.3, -0.25) is 9.89 Å². The zero-order valence-corrected chi connectivity index (χ0v) is 8.02. The van der Waals surface area contributed by atoms with Crippen LogP contribution in [0.5, 0.6) is 0 Å². The topological polar surface area (TPSA) is 92.0 Å². The van der Waals surface area contributed by atoms with Gasteiger partial charge >= 0.3 is 5.97 Å². The monoisotopic (exact) mass is 207 g/mol. The lowest BCUT2D eigenvalue weighted by Crippen LogP contribution is -1.99. The Morgan fingerprint density at radius 2 is 2.40 bits per heavy atom. The van der Waals surface area contributed by atoms with Crippen LogP contribution in [0, 0.1) is 6.92 Å². The van der Waals surface area contributed by atoms with Gasteiger partial charge in [-0.1, -0.05) is 0 Å². The van der Waals surface area contributed by atoms with Crippen LogP contribution in [0.4, 0.5) is 0 Å². The molecule has 0 spiro atoms. The number of oxazole rings is 1. The standard InChI is InChI=1S/C9H9N3O3/c1-5-6(3-11-12-5)7-4-10-8(15-7)2-9(13)14/h3-4H,2H2,1H3,(H,11,12)(H,13,14). The van der Waals surface area contributed by atoms with E-state index in [9.17, 15) is 4.79 Å². The van der Waals surface area contributed by atoms with Gasteiger partial charge in [0.15, 0.2) is 5.76 Å². The largest absolute Gasteiger partial charge is 0.481 e. The Balaban J connectivity index is 2.28. The molecule has 2 rings (SSSR count). The molecule has 0 atom stereocenters. The molecule has 0 aliphatic rings. The third-order valence-corrected chi connectivity index (χ3v) is 1.95. The number of carbonyl (C=O) groups is 1. The number of nitrogens with zero attached hydrogens (tertiary/aromatic N) is 2. The SMILES string of the molecule is Cc1[nH]ncc1-c1cnc(CC(=O)O)o1. The van der Waals surface area contributed by atoms with Crippen LogP contribution in [0.25, 0.3) is 11.3 Å². The minimum absolute atomic E-state index is 0.193. The van der Waals surface area contributed by atoms with Crippen molar-refractivity contribution in [2.24, 2.45) is 0 Å². The summed E-state index contributed by atoms with van der Waals surface area (Å²) in [4.78, 5) is 14.3. The summed E-state index contributed by atoms with van der Waals surface area (Å²) in [6, 6.07) is 0. The normalized spacial score (nSPS) is 10.5. The second kappa shape index (κ2) is 3.56. The van der Waals surface area contributed by atoms with Crippen molar-refractivity contribution in [1.82, 2.24) is 15.2 Å². The van der Waals surface area contributed by atoms with Gasteiger partial charge in [-0.05, 0) is 6.92 Å². The van der Waals surface area contributed by atoms with Crippen LogP contribution in [-0.2, 0) is 11.2 Å². The van der Waals surface area contributed by atoms with Crippen molar-refractivity contribution >= 4 is 5.97 Å². The lowest BCUT2D eigenvalue weighted by atomic mass is 10.2. The Hall–Kier alpha value is -2.11. The van der Waals surface area contributed by atoms with Gasteiger partial charge in [0.25, 0.3) is 0 Å². The van der Waals surface area contributed by atoms with Crippen molar-refractivity contribution in [3.05, 3.63) is 24.0 Å². The molecule has 2 heterocycles. The summed E-state index contributed by atoms with van der Waals surface area (Å²) in [5, 5.41) is 15.1. The van der Waals surface area contributed by atoms with E-state index in [-0.39, 0.29) is 12.3 Å². The summed E-state index contributed by atoms with van der Waals surface area (Å²) in [6.07, 6.45) is 2.90. The number of hydrogen-bond acceptors (Lipinski definition) is 4. The highest BCUT2D eigenvalue weighted by Gasteiger charge is 2.12. The van der Waals surface area contributed by atoms with Crippen molar-refractivity contribution < 1.29 is 14.3 Å². The Morgan fingerprint density at radius 1 is 1.60 bits per heavy atom. The first-order chi connectivity index (χ1) is 7.16. The molecule has 0 aromatic carbocycles. The van der Waals surface area contributed by atoms with Crippen LogP contribution < -0.4 is 0 Å². The van der Waals surface area contributed by atoms with Crippen molar-refractivity contribution in [2.45, 2.75) is 13.3 Å². The number of carboxylic acids is 1. The van der Waals surface area contributed by atoms with Crippen LogP contribution in [0.2, 0.25) is 0 Å². The summed E-state index contributed by atoms with van der Waals surface area (Å²) in [5.74, 6) is -0.247. The van der Waals surface area contributed by atoms with Crippen molar-refractivity contribution in [1.29, 1.82) is 0 Å². The Labute approximate surface area is 85.0 Å². The van der Waals surface area contributed by atoms with Gasteiger partial charge in [-0.2, -0.15) is 5.10 Å². The molecule has 15 heavy (non-hydrogen) atoms. The van der Waals surface area contributed by atoms with Crippen molar-refractivity contribution in [2.75, 3.05) is 0 Å². The predicted octanol–water partition coefficient (Wildman–Crippen LogP) is 1.00. The highest BCUT2D eigenvalue weighted by atomic mass is 16.4. The Kier molecular flexibility index (Phi) is 2.24. The molecule has 0 aliphatic heterocycles. The van der Waals surface area contributed by atoms with Crippen LogP contribution in [0.3, 0.4) is 0 Å². The van der Waals surface area contributed by atoms with E-state index in [1.165, 1.54) is 6.20 Å². The molecule has 78 valence electrons. The van der Waals surface area contributed by atoms with Gasteiger partial charge in [-0.25, -0.2) is 4.98 Å². The second-order valence-corrected chi connectivity index (χ2v) is 3.10. The zero-order valence-electron chi connectivity index (χ0n) is 8.02. The first kappa shape index (κ1) is 9.45. The fourth-order valence-corrected chi connectivity index (χ4v) is 1.24. The van der Waals surface area contributed by atoms with E-state index in [1.807, 2.05) is 6.92 Å². The molecule has 0 aliphatic carbocycles. The maximum absolute atomic E-state index is 10.4. The van der Waals surface area contributed by atoms with Crippen molar-refractivity contribution in [3.63, 3.8) is 0 Å². The molecule has 2 aromatic rings. The molecule has 0 bridgehead atoms. The number of aromatic nitrogens is 3. The minimum Gasteiger partial charge on any atom is -0.481 e. The Morgan fingerprint density at radius 3 is 3.00 bits per heavy atom. The van der Waals surface area contributed by atoms with E-state index in [4.69, 9.17) is 9.52 Å². The third-order valence-electron chi connectivity index (χ3n) is 1.95. The lowest BCUT2D eigenvalue weighted by molar-refractivity contribution is -0.136. The van der Waals surface area contributed by atoms with Crippen LogP contribution in [-0.4, -0.2) is 26.3 Å². The number of aryl methyl sites for hydroxylation is 1. The molecular weight excluding hydrogens is 198 g/mol. The van der Waals surface area contributed by atoms with Crippen molar-refractivity contribution in [3.8, 4) is 11.3 Å². The van der Waals surface area contributed by atoms with Crippen LogP contribution >= 0.6 is 0 Å². The summed E-state index contributed by atoms with van der Waals surface area (Å²) in [6.45, 7) is 1.85. The van der Waals surface area contributed by atoms with E-state index >= 15 is 0 Å². The van der Waals surface area contributed by atoms with E-state index in [1.54, 1.807) is 6.20 Å². The highest BCUT2D eigenvalue weighted by molar-refractivity contribution is 5.69. The maximum Gasteiger partial charge on any atom is 0.312 e. The average Bonchev–Trinajstić information content (AvgIpc) is 2.72. The Bertz CT molecular complexity index is 486. The van der Waals surface area contributed by atoms with Gasteiger partial charge in [0.05, 0.1) is 18.0 Å². The van der Waals surface area contributed by atoms with E-state index in [0.717, 1.165) is 11.3 Å².